The van der Waals surface area contributed by atoms with Crippen LogP contribution in [0.15, 0.2) is 12.4 Å². The summed E-state index contributed by atoms with van der Waals surface area (Å²) in [5, 5.41) is 26.1. The Labute approximate surface area is 90.4 Å². The van der Waals surface area contributed by atoms with E-state index in [1.165, 1.54) is 12.4 Å². The van der Waals surface area contributed by atoms with Crippen molar-refractivity contribution >= 4 is 0 Å². The summed E-state index contributed by atoms with van der Waals surface area (Å²) < 4.78 is 12.5. The number of aromatic nitrogens is 2. The van der Waals surface area contributed by atoms with Crippen LogP contribution in [0.1, 0.15) is 6.23 Å². The Morgan fingerprint density at radius 1 is 1.56 bits per heavy atom. The molecule has 16 heavy (non-hydrogen) atoms. The highest BCUT2D eigenvalue weighted by Gasteiger charge is 2.50. The molecular formula is C9H11N3O4. The summed E-state index contributed by atoms with van der Waals surface area (Å²) in [5.41, 5.74) is 0.0967. The molecule has 1 aromatic rings. The molecule has 0 aromatic carbocycles. The molecule has 4 atom stereocenters. The fourth-order valence-electron chi connectivity index (χ4n) is 2.06. The summed E-state index contributed by atoms with van der Waals surface area (Å²) >= 11 is 0. The van der Waals surface area contributed by atoms with Crippen LogP contribution in [0.4, 0.5) is 0 Å². The highest BCUT2D eigenvalue weighted by atomic mass is 16.6. The van der Waals surface area contributed by atoms with Gasteiger partial charge in [0.2, 0.25) is 5.88 Å². The van der Waals surface area contributed by atoms with Crippen molar-refractivity contribution in [3.05, 3.63) is 17.9 Å². The van der Waals surface area contributed by atoms with Gasteiger partial charge in [-0.2, -0.15) is 0 Å². The third kappa shape index (κ3) is 1.19. The molecule has 0 unspecified atom stereocenters. The number of hydrogen-bond donors (Lipinski definition) is 3. The van der Waals surface area contributed by atoms with E-state index in [1.807, 2.05) is 0 Å². The first kappa shape index (κ1) is 9.76. The fourth-order valence-corrected chi connectivity index (χ4v) is 2.06. The molecule has 0 saturated carbocycles. The van der Waals surface area contributed by atoms with E-state index in [1.54, 1.807) is 4.57 Å². The minimum atomic E-state index is -0.871. The summed E-state index contributed by atoms with van der Waals surface area (Å²) in [6.07, 6.45) is -1.08. The first-order valence-electron chi connectivity index (χ1n) is 4.94. The number of hydrogen-bond acceptors (Lipinski definition) is 6. The van der Waals surface area contributed by atoms with Crippen LogP contribution < -0.4 is 10.2 Å². The first-order valence-corrected chi connectivity index (χ1v) is 4.94. The van der Waals surface area contributed by atoms with E-state index in [2.05, 4.69) is 4.98 Å². The first-order chi connectivity index (χ1) is 7.70. The second kappa shape index (κ2) is 3.27. The van der Waals surface area contributed by atoms with Crippen molar-refractivity contribution in [3.63, 3.8) is 0 Å². The Morgan fingerprint density at radius 2 is 2.38 bits per heavy atom. The molecule has 0 aliphatic carbocycles. The maximum absolute atomic E-state index is 9.81. The molecule has 1 aromatic heterocycles. The van der Waals surface area contributed by atoms with Gasteiger partial charge in [-0.1, -0.05) is 0 Å². The van der Waals surface area contributed by atoms with Crippen molar-refractivity contribution in [1.29, 1.82) is 5.41 Å². The SMILES string of the molecule is N=c1cc2n(cn1)[C@@H]1O[C@H](CO)[C@@H](O)[C@@H]1O2. The number of fused-ring (bicyclic) bond motifs is 3. The van der Waals surface area contributed by atoms with E-state index in [-0.39, 0.29) is 12.1 Å². The van der Waals surface area contributed by atoms with Crippen LogP contribution in [0.5, 0.6) is 5.88 Å². The third-order valence-corrected chi connectivity index (χ3v) is 2.86. The Balaban J connectivity index is 1.99. The molecule has 0 radical (unpaired) electrons. The van der Waals surface area contributed by atoms with Gasteiger partial charge in [0.15, 0.2) is 17.8 Å². The molecule has 3 N–H and O–H groups in total. The van der Waals surface area contributed by atoms with Gasteiger partial charge in [0.1, 0.15) is 18.5 Å². The molecule has 86 valence electrons. The monoisotopic (exact) mass is 225 g/mol. The largest absolute Gasteiger partial charge is 0.468 e. The molecule has 3 heterocycles. The summed E-state index contributed by atoms with van der Waals surface area (Å²) in [5.74, 6) is 0.449. The highest BCUT2D eigenvalue weighted by molar-refractivity contribution is 5.16. The van der Waals surface area contributed by atoms with Crippen LogP contribution in [-0.2, 0) is 4.74 Å². The number of aliphatic hydroxyl groups excluding tert-OH is 2. The standard InChI is InChI=1S/C9H11N3O4/c10-5-1-6-12(3-11-5)9-8(16-6)7(14)4(2-13)15-9/h1,3-4,7-10,13-14H,2H2/t4-,7-,8+,9-/m1/s1. The molecule has 2 aliphatic rings. The number of rotatable bonds is 1. The highest BCUT2D eigenvalue weighted by Crippen LogP contribution is 2.39. The lowest BCUT2D eigenvalue weighted by atomic mass is 10.1. The second-order valence-electron chi connectivity index (χ2n) is 3.84. The zero-order valence-electron chi connectivity index (χ0n) is 8.28. The van der Waals surface area contributed by atoms with E-state index in [4.69, 9.17) is 20.0 Å². The van der Waals surface area contributed by atoms with Crippen LogP contribution in [0.3, 0.4) is 0 Å². The van der Waals surface area contributed by atoms with Gasteiger partial charge in [-0.25, -0.2) is 4.98 Å². The fraction of sp³-hybridized carbons (Fsp3) is 0.556. The molecule has 7 nitrogen and oxygen atoms in total. The van der Waals surface area contributed by atoms with Gasteiger partial charge in [0.25, 0.3) is 0 Å². The molecule has 0 bridgehead atoms. The summed E-state index contributed by atoms with van der Waals surface area (Å²) in [7, 11) is 0. The molecule has 2 aliphatic heterocycles. The quantitative estimate of drug-likeness (QED) is 0.533. The average molecular weight is 225 g/mol. The van der Waals surface area contributed by atoms with Crippen LogP contribution >= 0.6 is 0 Å². The maximum Gasteiger partial charge on any atom is 0.201 e. The van der Waals surface area contributed by atoms with E-state index < -0.39 is 24.5 Å². The molecule has 1 fully saturated rings. The van der Waals surface area contributed by atoms with Gasteiger partial charge >= 0.3 is 0 Å². The maximum atomic E-state index is 9.81. The minimum absolute atomic E-state index is 0.0967. The summed E-state index contributed by atoms with van der Waals surface area (Å²) in [6.45, 7) is -0.253. The number of nitrogens with zero attached hydrogens (tertiary/aromatic N) is 2. The van der Waals surface area contributed by atoms with Crippen molar-refractivity contribution in [3.8, 4) is 5.88 Å². The van der Waals surface area contributed by atoms with Crippen molar-refractivity contribution in [1.82, 2.24) is 9.55 Å². The van der Waals surface area contributed by atoms with Gasteiger partial charge < -0.3 is 19.7 Å². The number of nitrogens with one attached hydrogen (secondary N) is 1. The van der Waals surface area contributed by atoms with E-state index in [9.17, 15) is 5.11 Å². The van der Waals surface area contributed by atoms with Crippen molar-refractivity contribution in [2.24, 2.45) is 0 Å². The smallest absolute Gasteiger partial charge is 0.201 e. The van der Waals surface area contributed by atoms with Gasteiger partial charge in [0, 0.05) is 6.07 Å². The second-order valence-corrected chi connectivity index (χ2v) is 3.84. The third-order valence-electron chi connectivity index (χ3n) is 2.86. The van der Waals surface area contributed by atoms with Crippen LogP contribution in [-0.4, -0.2) is 44.7 Å². The van der Waals surface area contributed by atoms with E-state index in [0.717, 1.165) is 0 Å². The van der Waals surface area contributed by atoms with Crippen LogP contribution in [0, 0.1) is 5.41 Å². The summed E-state index contributed by atoms with van der Waals surface area (Å²) in [4.78, 5) is 3.81. The zero-order chi connectivity index (χ0) is 11.3. The lowest BCUT2D eigenvalue weighted by molar-refractivity contribution is -0.0435. The molecular weight excluding hydrogens is 214 g/mol. The molecule has 3 rings (SSSR count). The molecule has 7 heteroatoms. The predicted molar refractivity (Wildman–Crippen MR) is 49.5 cm³/mol. The predicted octanol–water partition coefficient (Wildman–Crippen LogP) is -1.63. The lowest BCUT2D eigenvalue weighted by Crippen LogP contribution is -2.34. The van der Waals surface area contributed by atoms with Gasteiger partial charge in [-0.05, 0) is 0 Å². The molecule has 0 amide bonds. The van der Waals surface area contributed by atoms with E-state index >= 15 is 0 Å². The summed E-state index contributed by atoms with van der Waals surface area (Å²) in [6, 6.07) is 1.46. The Morgan fingerprint density at radius 3 is 3.12 bits per heavy atom. The zero-order valence-corrected chi connectivity index (χ0v) is 8.28. The van der Waals surface area contributed by atoms with Gasteiger partial charge in [-0.15, -0.1) is 0 Å². The van der Waals surface area contributed by atoms with Crippen molar-refractivity contribution in [2.45, 2.75) is 24.5 Å². The minimum Gasteiger partial charge on any atom is -0.468 e. The van der Waals surface area contributed by atoms with Crippen LogP contribution in [0.2, 0.25) is 0 Å². The van der Waals surface area contributed by atoms with Crippen molar-refractivity contribution in [2.75, 3.05) is 6.61 Å². The Bertz CT molecular complexity index is 474. The Hall–Kier alpha value is -1.44. The van der Waals surface area contributed by atoms with Gasteiger partial charge in [0.05, 0.1) is 6.61 Å². The average Bonchev–Trinajstić information content (AvgIpc) is 2.75. The number of aliphatic hydroxyl groups is 2. The number of ether oxygens (including phenoxy) is 2. The lowest BCUT2D eigenvalue weighted by Gasteiger charge is -2.14. The Kier molecular flexibility index (Phi) is 2.00. The normalized spacial score (nSPS) is 35.6. The van der Waals surface area contributed by atoms with Gasteiger partial charge in [-0.3, -0.25) is 9.98 Å². The van der Waals surface area contributed by atoms with Crippen LogP contribution in [0.25, 0.3) is 0 Å². The topological polar surface area (TPSA) is 101 Å². The van der Waals surface area contributed by atoms with E-state index in [0.29, 0.717) is 5.88 Å². The molecule has 0 spiro atoms. The van der Waals surface area contributed by atoms with Crippen molar-refractivity contribution < 1.29 is 19.7 Å². The molecule has 1 saturated heterocycles.